The van der Waals surface area contributed by atoms with Gasteiger partial charge < -0.3 is 10.6 Å². The van der Waals surface area contributed by atoms with Crippen molar-refractivity contribution in [3.05, 3.63) is 52.3 Å². The van der Waals surface area contributed by atoms with Gasteiger partial charge >= 0.3 is 0 Å². The number of nitrogens with zero attached hydrogens (tertiary/aromatic N) is 4. The minimum atomic E-state index is -0.329. The SMILES string of the molecule is Cc1nc([C@H](C)Nc2ncc(Cl)c(Nc3cc(C4CC4)[nH]n3)n2)ccc1F. The molecule has 3 heterocycles. The third-order valence-electron chi connectivity index (χ3n) is 4.44. The van der Waals surface area contributed by atoms with Crippen molar-refractivity contribution in [2.45, 2.75) is 38.6 Å². The third-order valence-corrected chi connectivity index (χ3v) is 4.71. The van der Waals surface area contributed by atoms with Gasteiger partial charge in [0.25, 0.3) is 0 Å². The molecular formula is C18H19ClFN7. The van der Waals surface area contributed by atoms with E-state index in [4.69, 9.17) is 11.6 Å². The van der Waals surface area contributed by atoms with Crippen molar-refractivity contribution in [1.29, 1.82) is 0 Å². The molecule has 0 radical (unpaired) electrons. The fourth-order valence-corrected chi connectivity index (χ4v) is 2.86. The Hall–Kier alpha value is -2.74. The van der Waals surface area contributed by atoms with Crippen LogP contribution in [0.3, 0.4) is 0 Å². The van der Waals surface area contributed by atoms with Gasteiger partial charge in [0.15, 0.2) is 11.6 Å². The van der Waals surface area contributed by atoms with Crippen LogP contribution in [0.15, 0.2) is 24.4 Å². The van der Waals surface area contributed by atoms with E-state index >= 15 is 0 Å². The van der Waals surface area contributed by atoms with E-state index in [0.717, 1.165) is 5.69 Å². The molecule has 0 amide bonds. The molecule has 1 atom stereocenters. The van der Waals surface area contributed by atoms with Crippen molar-refractivity contribution < 1.29 is 4.39 Å². The van der Waals surface area contributed by atoms with Crippen LogP contribution in [0, 0.1) is 12.7 Å². The summed E-state index contributed by atoms with van der Waals surface area (Å²) in [5, 5.41) is 13.9. The highest BCUT2D eigenvalue weighted by Gasteiger charge is 2.25. The zero-order chi connectivity index (χ0) is 19.0. The number of aromatic amines is 1. The minimum Gasteiger partial charge on any atom is -0.346 e. The molecule has 0 saturated heterocycles. The van der Waals surface area contributed by atoms with Crippen molar-refractivity contribution in [2.75, 3.05) is 10.6 Å². The second kappa shape index (κ2) is 7.11. The highest BCUT2D eigenvalue weighted by atomic mass is 35.5. The molecular weight excluding hydrogens is 369 g/mol. The summed E-state index contributed by atoms with van der Waals surface area (Å²) in [6.07, 6.45) is 3.90. The van der Waals surface area contributed by atoms with Crippen LogP contribution < -0.4 is 10.6 Å². The van der Waals surface area contributed by atoms with E-state index in [0.29, 0.717) is 39.9 Å². The number of nitrogens with one attached hydrogen (secondary N) is 3. The molecule has 0 aliphatic heterocycles. The van der Waals surface area contributed by atoms with Crippen molar-refractivity contribution in [3.63, 3.8) is 0 Å². The van der Waals surface area contributed by atoms with Crippen LogP contribution in [0.25, 0.3) is 0 Å². The normalized spacial score (nSPS) is 14.8. The molecule has 1 fully saturated rings. The van der Waals surface area contributed by atoms with E-state index in [1.807, 2.05) is 13.0 Å². The minimum absolute atomic E-state index is 0.204. The molecule has 0 aromatic carbocycles. The zero-order valence-corrected chi connectivity index (χ0v) is 15.7. The van der Waals surface area contributed by atoms with Crippen LogP contribution in [-0.2, 0) is 0 Å². The number of hydrogen-bond donors (Lipinski definition) is 3. The molecule has 1 aliphatic carbocycles. The zero-order valence-electron chi connectivity index (χ0n) is 14.9. The maximum Gasteiger partial charge on any atom is 0.225 e. The number of hydrogen-bond acceptors (Lipinski definition) is 6. The largest absolute Gasteiger partial charge is 0.346 e. The fourth-order valence-electron chi connectivity index (χ4n) is 2.72. The predicted octanol–water partition coefficient (Wildman–Crippen LogP) is 4.49. The lowest BCUT2D eigenvalue weighted by molar-refractivity contribution is 0.605. The molecule has 7 nitrogen and oxygen atoms in total. The summed E-state index contributed by atoms with van der Waals surface area (Å²) in [4.78, 5) is 12.9. The summed E-state index contributed by atoms with van der Waals surface area (Å²) in [6, 6.07) is 4.81. The maximum absolute atomic E-state index is 13.4. The van der Waals surface area contributed by atoms with E-state index in [2.05, 4.69) is 35.8 Å². The molecule has 0 bridgehead atoms. The Kier molecular flexibility index (Phi) is 4.65. The Morgan fingerprint density at radius 2 is 2.11 bits per heavy atom. The maximum atomic E-state index is 13.4. The summed E-state index contributed by atoms with van der Waals surface area (Å²) < 4.78 is 13.4. The van der Waals surface area contributed by atoms with Gasteiger partial charge in [-0.3, -0.25) is 10.1 Å². The lowest BCUT2D eigenvalue weighted by atomic mass is 10.2. The van der Waals surface area contributed by atoms with Crippen LogP contribution in [0.4, 0.5) is 22.0 Å². The quantitative estimate of drug-likeness (QED) is 0.577. The summed E-state index contributed by atoms with van der Waals surface area (Å²) in [7, 11) is 0. The highest BCUT2D eigenvalue weighted by Crippen LogP contribution is 2.39. The topological polar surface area (TPSA) is 91.4 Å². The summed E-state index contributed by atoms with van der Waals surface area (Å²) in [5.74, 6) is 1.75. The van der Waals surface area contributed by atoms with Crippen LogP contribution in [0.2, 0.25) is 5.02 Å². The van der Waals surface area contributed by atoms with Gasteiger partial charge in [0.2, 0.25) is 5.95 Å². The number of anilines is 3. The Labute approximate surface area is 160 Å². The van der Waals surface area contributed by atoms with Gasteiger partial charge in [0.05, 0.1) is 23.6 Å². The molecule has 0 spiro atoms. The summed E-state index contributed by atoms with van der Waals surface area (Å²) in [5.41, 5.74) is 2.17. The second-order valence-corrected chi connectivity index (χ2v) is 7.07. The van der Waals surface area contributed by atoms with Crippen LogP contribution in [-0.4, -0.2) is 25.1 Å². The molecule has 3 aromatic heterocycles. The van der Waals surface area contributed by atoms with Crippen molar-refractivity contribution in [1.82, 2.24) is 25.1 Å². The average Bonchev–Trinajstić information content (AvgIpc) is 3.39. The van der Waals surface area contributed by atoms with Gasteiger partial charge in [-0.05, 0) is 38.8 Å². The number of aryl methyl sites for hydroxylation is 1. The number of rotatable bonds is 6. The van der Waals surface area contributed by atoms with Gasteiger partial charge in [-0.2, -0.15) is 10.1 Å². The first-order valence-electron chi connectivity index (χ1n) is 8.74. The van der Waals surface area contributed by atoms with Crippen LogP contribution in [0.1, 0.15) is 48.8 Å². The van der Waals surface area contributed by atoms with Crippen LogP contribution >= 0.6 is 11.6 Å². The lowest BCUT2D eigenvalue weighted by Gasteiger charge is -2.15. The Bertz CT molecular complexity index is 970. The molecule has 140 valence electrons. The van der Waals surface area contributed by atoms with Gasteiger partial charge in [-0.15, -0.1) is 0 Å². The number of pyridine rings is 1. The number of halogens is 2. The molecule has 1 saturated carbocycles. The average molecular weight is 388 g/mol. The number of aromatic nitrogens is 5. The molecule has 27 heavy (non-hydrogen) atoms. The Morgan fingerprint density at radius 3 is 2.85 bits per heavy atom. The van der Waals surface area contributed by atoms with Crippen molar-refractivity contribution in [3.8, 4) is 0 Å². The van der Waals surface area contributed by atoms with Gasteiger partial charge in [0, 0.05) is 17.7 Å². The van der Waals surface area contributed by atoms with E-state index < -0.39 is 0 Å². The smallest absolute Gasteiger partial charge is 0.225 e. The van der Waals surface area contributed by atoms with E-state index in [1.54, 1.807) is 13.0 Å². The van der Waals surface area contributed by atoms with Gasteiger partial charge in [-0.1, -0.05) is 11.6 Å². The number of H-pyrrole nitrogens is 1. The van der Waals surface area contributed by atoms with Crippen LogP contribution in [0.5, 0.6) is 0 Å². The first-order chi connectivity index (χ1) is 13.0. The van der Waals surface area contributed by atoms with Gasteiger partial charge in [0.1, 0.15) is 10.8 Å². The Morgan fingerprint density at radius 1 is 1.30 bits per heavy atom. The van der Waals surface area contributed by atoms with E-state index in [9.17, 15) is 4.39 Å². The standard InChI is InChI=1S/C18H19ClFN7/c1-9-13(20)5-6-14(22-9)10(2)23-18-21-8-12(19)17(25-18)24-16-7-15(26-27-16)11-3-4-11/h5-8,10-11H,3-4H2,1-2H3,(H3,21,23,24,25,26,27)/t10-/m0/s1. The highest BCUT2D eigenvalue weighted by molar-refractivity contribution is 6.32. The summed E-state index contributed by atoms with van der Waals surface area (Å²) in [6.45, 7) is 3.53. The Balaban J connectivity index is 1.49. The monoisotopic (exact) mass is 387 g/mol. The molecule has 4 rings (SSSR count). The van der Waals surface area contributed by atoms with Crippen molar-refractivity contribution in [2.24, 2.45) is 0 Å². The third kappa shape index (κ3) is 4.00. The van der Waals surface area contributed by atoms with Crippen molar-refractivity contribution >= 4 is 29.2 Å². The first kappa shape index (κ1) is 17.7. The fraction of sp³-hybridized carbons (Fsp3) is 0.333. The summed E-state index contributed by atoms with van der Waals surface area (Å²) >= 11 is 6.21. The molecule has 0 unspecified atom stereocenters. The second-order valence-electron chi connectivity index (χ2n) is 6.67. The molecule has 9 heteroatoms. The molecule has 1 aliphatic rings. The molecule has 3 N–H and O–H groups in total. The molecule has 3 aromatic rings. The van der Waals surface area contributed by atoms with E-state index in [-0.39, 0.29) is 11.9 Å². The van der Waals surface area contributed by atoms with Gasteiger partial charge in [-0.25, -0.2) is 9.37 Å². The van der Waals surface area contributed by atoms with E-state index in [1.165, 1.54) is 25.1 Å². The lowest BCUT2D eigenvalue weighted by Crippen LogP contribution is -2.12. The first-order valence-corrected chi connectivity index (χ1v) is 9.12. The predicted molar refractivity (Wildman–Crippen MR) is 102 cm³/mol.